The number of esters is 1. The molecule has 0 unspecified atom stereocenters. The van der Waals surface area contributed by atoms with Crippen molar-refractivity contribution < 1.29 is 19.4 Å². The first-order chi connectivity index (χ1) is 10.1. The first-order valence-corrected chi connectivity index (χ1v) is 6.96. The highest BCUT2D eigenvalue weighted by molar-refractivity contribution is 5.90. The molecular weight excluding hydrogens is 268 g/mol. The van der Waals surface area contributed by atoms with E-state index in [1.807, 2.05) is 19.1 Å². The Morgan fingerprint density at radius 2 is 2.10 bits per heavy atom. The van der Waals surface area contributed by atoms with Crippen molar-refractivity contribution in [3.05, 3.63) is 47.6 Å². The van der Waals surface area contributed by atoms with Crippen molar-refractivity contribution in [2.45, 2.75) is 26.7 Å². The van der Waals surface area contributed by atoms with E-state index in [9.17, 15) is 9.90 Å². The van der Waals surface area contributed by atoms with Crippen molar-refractivity contribution in [1.82, 2.24) is 0 Å². The Hall–Kier alpha value is -2.23. The van der Waals surface area contributed by atoms with Crippen LogP contribution in [0.2, 0.25) is 0 Å². The lowest BCUT2D eigenvalue weighted by atomic mass is 10.1. The number of aromatic hydroxyl groups is 1. The average molecular weight is 290 g/mol. The molecule has 1 aromatic carbocycles. The largest absolute Gasteiger partial charge is 0.508 e. The maximum atomic E-state index is 11.5. The summed E-state index contributed by atoms with van der Waals surface area (Å²) in [6, 6.07) is 4.39. The molecule has 0 radical (unpaired) electrons. The maximum Gasteiger partial charge on any atom is 0.338 e. The minimum Gasteiger partial charge on any atom is -0.508 e. The van der Waals surface area contributed by atoms with Gasteiger partial charge in [0.1, 0.15) is 11.5 Å². The van der Waals surface area contributed by atoms with Crippen LogP contribution in [0.4, 0.5) is 0 Å². The molecule has 21 heavy (non-hydrogen) atoms. The van der Waals surface area contributed by atoms with Gasteiger partial charge in [0.25, 0.3) is 0 Å². The van der Waals surface area contributed by atoms with Crippen LogP contribution in [-0.4, -0.2) is 24.8 Å². The predicted molar refractivity (Wildman–Crippen MR) is 82.7 cm³/mol. The molecule has 0 aliphatic heterocycles. The highest BCUT2D eigenvalue weighted by Gasteiger charge is 2.09. The summed E-state index contributed by atoms with van der Waals surface area (Å²) in [7, 11) is 1.30. The van der Waals surface area contributed by atoms with E-state index in [0.717, 1.165) is 12.8 Å². The normalized spacial score (nSPS) is 11.7. The average Bonchev–Trinajstić information content (AvgIpc) is 2.49. The maximum absolute atomic E-state index is 11.5. The van der Waals surface area contributed by atoms with Gasteiger partial charge in [-0.05, 0) is 25.5 Å². The van der Waals surface area contributed by atoms with E-state index in [1.54, 1.807) is 6.07 Å². The van der Waals surface area contributed by atoms with Crippen LogP contribution in [0.15, 0.2) is 42.0 Å². The third-order valence-electron chi connectivity index (χ3n) is 2.98. The molecule has 0 aliphatic carbocycles. The Bertz CT molecular complexity index is 530. The Kier molecular flexibility index (Phi) is 7.09. The van der Waals surface area contributed by atoms with Gasteiger partial charge in [-0.15, -0.1) is 0 Å². The number of rotatable bonds is 7. The van der Waals surface area contributed by atoms with Crippen molar-refractivity contribution in [2.75, 3.05) is 13.7 Å². The minimum atomic E-state index is -0.502. The summed E-state index contributed by atoms with van der Waals surface area (Å²) in [4.78, 5) is 11.5. The van der Waals surface area contributed by atoms with Crippen LogP contribution < -0.4 is 4.74 Å². The van der Waals surface area contributed by atoms with Crippen LogP contribution in [-0.2, 0) is 4.74 Å². The summed E-state index contributed by atoms with van der Waals surface area (Å²) < 4.78 is 10.2. The molecule has 0 spiro atoms. The number of hydrogen-bond donors (Lipinski definition) is 1. The number of allylic oxidation sites excluding steroid dienone is 3. The Labute approximate surface area is 125 Å². The zero-order chi connectivity index (χ0) is 15.7. The van der Waals surface area contributed by atoms with Crippen LogP contribution in [0.25, 0.3) is 0 Å². The van der Waals surface area contributed by atoms with E-state index in [4.69, 9.17) is 4.74 Å². The van der Waals surface area contributed by atoms with E-state index in [2.05, 4.69) is 17.7 Å². The van der Waals surface area contributed by atoms with Crippen LogP contribution in [0.3, 0.4) is 0 Å². The molecule has 0 amide bonds. The molecule has 0 atom stereocenters. The number of carbonyl (C=O) groups is 1. The van der Waals surface area contributed by atoms with E-state index in [0.29, 0.717) is 12.4 Å². The molecule has 0 bridgehead atoms. The fourth-order valence-electron chi connectivity index (χ4n) is 1.81. The van der Waals surface area contributed by atoms with Crippen LogP contribution in [0.5, 0.6) is 11.5 Å². The van der Waals surface area contributed by atoms with Gasteiger partial charge >= 0.3 is 5.97 Å². The zero-order valence-corrected chi connectivity index (χ0v) is 12.8. The van der Waals surface area contributed by atoms with Gasteiger partial charge < -0.3 is 14.6 Å². The topological polar surface area (TPSA) is 55.8 Å². The molecule has 1 aromatic rings. The molecule has 0 saturated carbocycles. The second-order valence-corrected chi connectivity index (χ2v) is 4.51. The van der Waals surface area contributed by atoms with Crippen molar-refractivity contribution in [3.8, 4) is 11.5 Å². The van der Waals surface area contributed by atoms with Crippen LogP contribution >= 0.6 is 0 Å². The molecular formula is C17H22O4. The SMILES string of the molecule is C/C=C\C=C(/CC)CCOc1cc(O)cc(C(=O)OC)c1. The summed E-state index contributed by atoms with van der Waals surface area (Å²) >= 11 is 0. The number of benzene rings is 1. The van der Waals surface area contributed by atoms with Gasteiger partial charge in [-0.25, -0.2) is 4.79 Å². The number of phenols is 1. The van der Waals surface area contributed by atoms with Gasteiger partial charge in [0.15, 0.2) is 0 Å². The smallest absolute Gasteiger partial charge is 0.338 e. The predicted octanol–water partition coefficient (Wildman–Crippen LogP) is 3.86. The van der Waals surface area contributed by atoms with Gasteiger partial charge in [-0.3, -0.25) is 0 Å². The quantitative estimate of drug-likeness (QED) is 0.612. The molecule has 114 valence electrons. The number of ether oxygens (including phenoxy) is 2. The van der Waals surface area contributed by atoms with E-state index < -0.39 is 5.97 Å². The lowest BCUT2D eigenvalue weighted by molar-refractivity contribution is 0.0599. The number of hydrogen-bond acceptors (Lipinski definition) is 4. The lowest BCUT2D eigenvalue weighted by Crippen LogP contribution is -2.03. The molecule has 4 heteroatoms. The summed E-state index contributed by atoms with van der Waals surface area (Å²) in [5, 5.41) is 9.60. The molecule has 1 rings (SSSR count). The van der Waals surface area contributed by atoms with E-state index >= 15 is 0 Å². The number of carbonyl (C=O) groups excluding carboxylic acids is 1. The Morgan fingerprint density at radius 3 is 2.71 bits per heavy atom. The van der Waals surface area contributed by atoms with E-state index in [-0.39, 0.29) is 11.3 Å². The third-order valence-corrected chi connectivity index (χ3v) is 2.98. The second kappa shape index (κ2) is 8.84. The summed E-state index contributed by atoms with van der Waals surface area (Å²) in [6.45, 7) is 4.56. The molecule has 0 fully saturated rings. The van der Waals surface area contributed by atoms with Gasteiger partial charge in [0, 0.05) is 12.5 Å². The molecule has 1 N–H and O–H groups in total. The second-order valence-electron chi connectivity index (χ2n) is 4.51. The van der Waals surface area contributed by atoms with Crippen molar-refractivity contribution in [3.63, 3.8) is 0 Å². The van der Waals surface area contributed by atoms with Gasteiger partial charge in [-0.2, -0.15) is 0 Å². The summed E-state index contributed by atoms with van der Waals surface area (Å²) in [6.07, 6.45) is 7.81. The molecule has 0 saturated heterocycles. The standard InChI is InChI=1S/C17H22O4/c1-4-6-7-13(5-2)8-9-21-16-11-14(17(19)20-3)10-15(18)12-16/h4,6-7,10-12,18H,5,8-9H2,1-3H3/b6-4-,13-7+. The zero-order valence-electron chi connectivity index (χ0n) is 12.8. The number of methoxy groups -OCH3 is 1. The highest BCUT2D eigenvalue weighted by atomic mass is 16.5. The van der Waals surface area contributed by atoms with Gasteiger partial charge in [0.2, 0.25) is 0 Å². The van der Waals surface area contributed by atoms with Crippen LogP contribution in [0.1, 0.15) is 37.0 Å². The fourth-order valence-corrected chi connectivity index (χ4v) is 1.81. The third kappa shape index (κ3) is 5.73. The number of phenolic OH excluding ortho intramolecular Hbond substituents is 1. The molecule has 0 heterocycles. The molecule has 0 aliphatic rings. The molecule has 4 nitrogen and oxygen atoms in total. The van der Waals surface area contributed by atoms with Crippen molar-refractivity contribution in [1.29, 1.82) is 0 Å². The van der Waals surface area contributed by atoms with Crippen LogP contribution in [0, 0.1) is 0 Å². The highest BCUT2D eigenvalue weighted by Crippen LogP contribution is 2.23. The summed E-state index contributed by atoms with van der Waals surface area (Å²) in [5.74, 6) is -0.0667. The van der Waals surface area contributed by atoms with Crippen molar-refractivity contribution >= 4 is 5.97 Å². The monoisotopic (exact) mass is 290 g/mol. The fraction of sp³-hybridized carbons (Fsp3) is 0.353. The summed E-state index contributed by atoms with van der Waals surface area (Å²) in [5.41, 5.74) is 1.55. The van der Waals surface area contributed by atoms with Gasteiger partial charge in [0.05, 0.1) is 19.3 Å². The first-order valence-electron chi connectivity index (χ1n) is 6.96. The Balaban J connectivity index is 2.67. The molecule has 0 aromatic heterocycles. The minimum absolute atomic E-state index is 0.0203. The van der Waals surface area contributed by atoms with E-state index in [1.165, 1.54) is 24.8 Å². The first kappa shape index (κ1) is 16.8. The Morgan fingerprint density at radius 1 is 1.33 bits per heavy atom. The van der Waals surface area contributed by atoms with Gasteiger partial charge in [-0.1, -0.05) is 30.7 Å². The van der Waals surface area contributed by atoms with Crippen molar-refractivity contribution in [2.24, 2.45) is 0 Å². The lowest BCUT2D eigenvalue weighted by Gasteiger charge is -2.09.